The molecule has 3 atom stereocenters. The zero-order valence-electron chi connectivity index (χ0n) is 10.3. The van der Waals surface area contributed by atoms with Crippen LogP contribution in [0.3, 0.4) is 0 Å². The maximum atomic E-state index is 6.17. The standard InChI is InChI=1S/C15H17ClN2/c16-12-2-1-3-13-15(12)18-14(17-13)8-11-7-9-4-5-10(11)6-9/h1-3,9-11H,4-8H2,(H,17,18). The largest absolute Gasteiger partial charge is 0.342 e. The number of hydrogen-bond donors (Lipinski definition) is 1. The molecule has 0 spiro atoms. The molecule has 1 aromatic carbocycles. The average Bonchev–Trinajstić information content (AvgIpc) is 3.03. The summed E-state index contributed by atoms with van der Waals surface area (Å²) < 4.78 is 0. The number of halogens is 1. The molecule has 3 heteroatoms. The van der Waals surface area contributed by atoms with Gasteiger partial charge in [-0.2, -0.15) is 0 Å². The number of aromatic nitrogens is 2. The molecule has 1 aromatic heterocycles. The molecule has 2 aliphatic carbocycles. The minimum absolute atomic E-state index is 0.753. The van der Waals surface area contributed by atoms with E-state index < -0.39 is 0 Å². The van der Waals surface area contributed by atoms with Crippen LogP contribution in [-0.4, -0.2) is 9.97 Å². The van der Waals surface area contributed by atoms with Crippen molar-refractivity contribution in [2.45, 2.75) is 32.1 Å². The van der Waals surface area contributed by atoms with E-state index in [2.05, 4.69) is 16.0 Å². The highest BCUT2D eigenvalue weighted by atomic mass is 35.5. The van der Waals surface area contributed by atoms with Crippen LogP contribution in [0.4, 0.5) is 0 Å². The first-order valence-corrected chi connectivity index (χ1v) is 7.30. The van der Waals surface area contributed by atoms with E-state index in [0.717, 1.165) is 46.1 Å². The van der Waals surface area contributed by atoms with Crippen LogP contribution in [0.15, 0.2) is 18.2 Å². The van der Waals surface area contributed by atoms with E-state index in [0.29, 0.717) is 0 Å². The lowest BCUT2D eigenvalue weighted by molar-refractivity contribution is 0.327. The summed E-state index contributed by atoms with van der Waals surface area (Å²) in [6.07, 6.45) is 6.89. The summed E-state index contributed by atoms with van der Waals surface area (Å²) >= 11 is 6.17. The van der Waals surface area contributed by atoms with Crippen LogP contribution >= 0.6 is 11.6 Å². The first-order valence-electron chi connectivity index (χ1n) is 6.92. The van der Waals surface area contributed by atoms with E-state index in [1.54, 1.807) is 0 Å². The van der Waals surface area contributed by atoms with Crippen molar-refractivity contribution in [3.63, 3.8) is 0 Å². The second kappa shape index (κ2) is 3.99. The second-order valence-electron chi connectivity index (χ2n) is 5.96. The van der Waals surface area contributed by atoms with E-state index in [1.165, 1.54) is 25.7 Å². The molecule has 94 valence electrons. The zero-order valence-corrected chi connectivity index (χ0v) is 11.1. The molecular formula is C15H17ClN2. The fraction of sp³-hybridized carbons (Fsp3) is 0.533. The highest BCUT2D eigenvalue weighted by molar-refractivity contribution is 6.34. The molecule has 3 unspecified atom stereocenters. The monoisotopic (exact) mass is 260 g/mol. The van der Waals surface area contributed by atoms with E-state index in [9.17, 15) is 0 Å². The number of nitrogens with one attached hydrogen (secondary N) is 1. The van der Waals surface area contributed by atoms with Gasteiger partial charge in [-0.1, -0.05) is 24.1 Å². The Labute approximate surface area is 112 Å². The highest BCUT2D eigenvalue weighted by Gasteiger charge is 2.39. The third kappa shape index (κ3) is 1.66. The molecule has 2 aromatic rings. The Hall–Kier alpha value is -1.02. The minimum atomic E-state index is 0.753. The summed E-state index contributed by atoms with van der Waals surface area (Å²) in [7, 11) is 0. The van der Waals surface area contributed by atoms with Gasteiger partial charge in [0.1, 0.15) is 11.3 Å². The lowest BCUT2D eigenvalue weighted by Gasteiger charge is -2.20. The summed E-state index contributed by atoms with van der Waals surface area (Å²) in [5.41, 5.74) is 2.00. The fourth-order valence-electron chi connectivity index (χ4n) is 4.02. The van der Waals surface area contributed by atoms with Crippen LogP contribution in [0, 0.1) is 17.8 Å². The van der Waals surface area contributed by atoms with Gasteiger partial charge < -0.3 is 4.98 Å². The molecule has 2 nitrogen and oxygen atoms in total. The summed E-state index contributed by atoms with van der Waals surface area (Å²) in [5, 5.41) is 0.753. The maximum Gasteiger partial charge on any atom is 0.107 e. The fourth-order valence-corrected chi connectivity index (χ4v) is 4.24. The maximum absolute atomic E-state index is 6.17. The molecule has 1 N–H and O–H groups in total. The van der Waals surface area contributed by atoms with Crippen molar-refractivity contribution in [2.24, 2.45) is 17.8 Å². The zero-order chi connectivity index (χ0) is 12.1. The van der Waals surface area contributed by atoms with Crippen LogP contribution in [-0.2, 0) is 6.42 Å². The van der Waals surface area contributed by atoms with Gasteiger partial charge >= 0.3 is 0 Å². The van der Waals surface area contributed by atoms with Gasteiger partial charge in [0.25, 0.3) is 0 Å². The number of fused-ring (bicyclic) bond motifs is 3. The van der Waals surface area contributed by atoms with Crippen molar-refractivity contribution in [3.05, 3.63) is 29.0 Å². The van der Waals surface area contributed by atoms with Gasteiger partial charge in [-0.05, 0) is 49.1 Å². The number of rotatable bonds is 2. The Morgan fingerprint density at radius 3 is 2.94 bits per heavy atom. The molecule has 1 heterocycles. The summed E-state index contributed by atoms with van der Waals surface area (Å²) in [6.45, 7) is 0. The third-order valence-corrected chi connectivity index (χ3v) is 5.16. The Balaban J connectivity index is 1.61. The quantitative estimate of drug-likeness (QED) is 0.862. The predicted molar refractivity (Wildman–Crippen MR) is 73.7 cm³/mol. The molecule has 0 radical (unpaired) electrons. The SMILES string of the molecule is Clc1cccc2[nH]c(CC3CC4CCC3C4)nc12. The molecule has 2 fully saturated rings. The summed E-state index contributed by atoms with van der Waals surface area (Å²) in [5.74, 6) is 3.94. The molecule has 0 aliphatic heterocycles. The number of hydrogen-bond acceptors (Lipinski definition) is 1. The number of aromatic amines is 1. The van der Waals surface area contributed by atoms with Gasteiger partial charge in [-0.3, -0.25) is 0 Å². The van der Waals surface area contributed by atoms with Crippen LogP contribution in [0.5, 0.6) is 0 Å². The Bertz CT molecular complexity index is 589. The average molecular weight is 261 g/mol. The number of nitrogens with zero attached hydrogens (tertiary/aromatic N) is 1. The van der Waals surface area contributed by atoms with E-state index in [-0.39, 0.29) is 0 Å². The van der Waals surface area contributed by atoms with Crippen molar-refractivity contribution >= 4 is 22.6 Å². The molecule has 0 amide bonds. The van der Waals surface area contributed by atoms with Gasteiger partial charge in [0, 0.05) is 6.42 Å². The van der Waals surface area contributed by atoms with E-state index in [1.807, 2.05) is 12.1 Å². The lowest BCUT2D eigenvalue weighted by atomic mass is 9.86. The van der Waals surface area contributed by atoms with Gasteiger partial charge in [0.2, 0.25) is 0 Å². The van der Waals surface area contributed by atoms with E-state index in [4.69, 9.17) is 11.6 Å². The van der Waals surface area contributed by atoms with Crippen molar-refractivity contribution in [3.8, 4) is 0 Å². The van der Waals surface area contributed by atoms with Crippen molar-refractivity contribution in [2.75, 3.05) is 0 Å². The normalized spacial score (nSPS) is 30.4. The number of imidazole rings is 1. The molecule has 4 rings (SSSR count). The van der Waals surface area contributed by atoms with Gasteiger partial charge in [-0.25, -0.2) is 4.98 Å². The number of benzene rings is 1. The third-order valence-electron chi connectivity index (χ3n) is 4.85. The molecule has 2 aliphatic rings. The molecule has 2 saturated carbocycles. The summed E-state index contributed by atoms with van der Waals surface area (Å²) in [6, 6.07) is 5.94. The first-order chi connectivity index (χ1) is 8.79. The van der Waals surface area contributed by atoms with Crippen LogP contribution < -0.4 is 0 Å². The van der Waals surface area contributed by atoms with Crippen LogP contribution in [0.2, 0.25) is 5.02 Å². The van der Waals surface area contributed by atoms with Crippen molar-refractivity contribution in [1.29, 1.82) is 0 Å². The molecule has 18 heavy (non-hydrogen) atoms. The second-order valence-corrected chi connectivity index (χ2v) is 6.37. The Morgan fingerprint density at radius 1 is 1.28 bits per heavy atom. The highest BCUT2D eigenvalue weighted by Crippen LogP contribution is 2.49. The smallest absolute Gasteiger partial charge is 0.107 e. The van der Waals surface area contributed by atoms with Gasteiger partial charge in [0.05, 0.1) is 10.5 Å². The van der Waals surface area contributed by atoms with Crippen molar-refractivity contribution in [1.82, 2.24) is 9.97 Å². The van der Waals surface area contributed by atoms with Crippen LogP contribution in [0.25, 0.3) is 11.0 Å². The minimum Gasteiger partial charge on any atom is -0.342 e. The topological polar surface area (TPSA) is 28.7 Å². The lowest BCUT2D eigenvalue weighted by Crippen LogP contribution is -2.13. The van der Waals surface area contributed by atoms with Gasteiger partial charge in [0.15, 0.2) is 0 Å². The van der Waals surface area contributed by atoms with Gasteiger partial charge in [-0.15, -0.1) is 0 Å². The molecular weight excluding hydrogens is 244 g/mol. The van der Waals surface area contributed by atoms with Crippen LogP contribution in [0.1, 0.15) is 31.5 Å². The predicted octanol–water partition coefficient (Wildman–Crippen LogP) is 4.20. The van der Waals surface area contributed by atoms with Crippen molar-refractivity contribution < 1.29 is 0 Å². The molecule has 2 bridgehead atoms. The Morgan fingerprint density at radius 2 is 2.22 bits per heavy atom. The summed E-state index contributed by atoms with van der Waals surface area (Å²) in [4.78, 5) is 8.10. The Kier molecular flexibility index (Phi) is 2.41. The number of para-hydroxylation sites is 1. The first kappa shape index (κ1) is 10.9. The number of H-pyrrole nitrogens is 1. The molecule has 0 saturated heterocycles. The van der Waals surface area contributed by atoms with E-state index >= 15 is 0 Å².